The van der Waals surface area contributed by atoms with Crippen LogP contribution < -0.4 is 5.32 Å². The molecule has 4 unspecified atom stereocenters. The van der Waals surface area contributed by atoms with Gasteiger partial charge in [0.05, 0.1) is 11.8 Å². The van der Waals surface area contributed by atoms with E-state index in [4.69, 9.17) is 0 Å². The zero-order valence-corrected chi connectivity index (χ0v) is 12.2. The van der Waals surface area contributed by atoms with Crippen LogP contribution in [0.5, 0.6) is 0 Å². The van der Waals surface area contributed by atoms with Crippen LogP contribution in [0.4, 0.5) is 0 Å². The van der Waals surface area contributed by atoms with Crippen LogP contribution in [0.1, 0.15) is 51.9 Å². The molecule has 0 saturated heterocycles. The van der Waals surface area contributed by atoms with Crippen LogP contribution in [0, 0.1) is 17.8 Å². The fourth-order valence-corrected chi connectivity index (χ4v) is 3.37. The van der Waals surface area contributed by atoms with Crippen LogP contribution in [0.2, 0.25) is 0 Å². The number of nitrogens with one attached hydrogen (secondary N) is 1. The van der Waals surface area contributed by atoms with Gasteiger partial charge in [-0.1, -0.05) is 38.3 Å². The minimum Gasteiger partial charge on any atom is -0.481 e. The normalized spacial score (nSPS) is 34.2. The van der Waals surface area contributed by atoms with Crippen LogP contribution in [-0.4, -0.2) is 23.0 Å². The van der Waals surface area contributed by atoms with Crippen LogP contribution in [-0.2, 0) is 9.59 Å². The highest BCUT2D eigenvalue weighted by Crippen LogP contribution is 2.28. The second kappa shape index (κ2) is 6.91. The molecule has 2 aliphatic carbocycles. The standard InChI is InChI=1S/C16H25NO3/c1-11-7-3-2-4-10-14(11)17-15(18)12-8-5-6-9-13(12)16(19)20/h5-6,11-14H,2-4,7-10H2,1H3,(H,17,18)(H,19,20). The third kappa shape index (κ3) is 3.62. The lowest BCUT2D eigenvalue weighted by atomic mass is 9.82. The molecule has 0 aromatic carbocycles. The highest BCUT2D eigenvalue weighted by atomic mass is 16.4. The van der Waals surface area contributed by atoms with Crippen LogP contribution in [0.3, 0.4) is 0 Å². The lowest BCUT2D eigenvalue weighted by molar-refractivity contribution is -0.147. The maximum absolute atomic E-state index is 12.4. The minimum absolute atomic E-state index is 0.0690. The molecule has 0 radical (unpaired) electrons. The Balaban J connectivity index is 1.99. The number of aliphatic carboxylic acids is 1. The van der Waals surface area contributed by atoms with Crippen molar-refractivity contribution in [2.75, 3.05) is 0 Å². The van der Waals surface area contributed by atoms with Gasteiger partial charge < -0.3 is 10.4 Å². The fraction of sp³-hybridized carbons (Fsp3) is 0.750. The molecule has 0 bridgehead atoms. The van der Waals surface area contributed by atoms with Gasteiger partial charge in [0.25, 0.3) is 0 Å². The van der Waals surface area contributed by atoms with Gasteiger partial charge in [0, 0.05) is 6.04 Å². The summed E-state index contributed by atoms with van der Waals surface area (Å²) in [6.45, 7) is 2.19. The number of carbonyl (C=O) groups is 2. The Morgan fingerprint density at radius 2 is 1.70 bits per heavy atom. The summed E-state index contributed by atoms with van der Waals surface area (Å²) in [5, 5.41) is 12.4. The molecule has 0 aromatic heterocycles. The average Bonchev–Trinajstić information content (AvgIpc) is 2.64. The molecule has 1 fully saturated rings. The van der Waals surface area contributed by atoms with E-state index in [0.717, 1.165) is 19.3 Å². The predicted octanol–water partition coefficient (Wildman–Crippen LogP) is 2.74. The topological polar surface area (TPSA) is 66.4 Å². The summed E-state index contributed by atoms with van der Waals surface area (Å²) in [4.78, 5) is 23.7. The molecule has 0 aromatic rings. The molecule has 2 aliphatic rings. The molecule has 2 rings (SSSR count). The van der Waals surface area contributed by atoms with Crippen LogP contribution >= 0.6 is 0 Å². The predicted molar refractivity (Wildman–Crippen MR) is 77.2 cm³/mol. The van der Waals surface area contributed by atoms with Crippen molar-refractivity contribution in [1.29, 1.82) is 0 Å². The van der Waals surface area contributed by atoms with E-state index in [0.29, 0.717) is 18.8 Å². The van der Waals surface area contributed by atoms with E-state index in [1.54, 1.807) is 0 Å². The summed E-state index contributed by atoms with van der Waals surface area (Å²) < 4.78 is 0. The Morgan fingerprint density at radius 3 is 2.40 bits per heavy atom. The van der Waals surface area contributed by atoms with E-state index < -0.39 is 17.8 Å². The molecule has 0 heterocycles. The van der Waals surface area contributed by atoms with Gasteiger partial charge in [-0.15, -0.1) is 0 Å². The summed E-state index contributed by atoms with van der Waals surface area (Å²) in [6, 6.07) is 0.213. The molecule has 1 saturated carbocycles. The largest absolute Gasteiger partial charge is 0.481 e. The third-order valence-corrected chi connectivity index (χ3v) is 4.78. The number of carbonyl (C=O) groups excluding carboxylic acids is 1. The summed E-state index contributed by atoms with van der Waals surface area (Å²) in [5.41, 5.74) is 0. The van der Waals surface area contributed by atoms with E-state index in [2.05, 4.69) is 12.2 Å². The van der Waals surface area contributed by atoms with Crippen molar-refractivity contribution in [3.05, 3.63) is 12.2 Å². The maximum atomic E-state index is 12.4. The minimum atomic E-state index is -0.858. The Labute approximate surface area is 120 Å². The Bertz CT molecular complexity index is 391. The molecular formula is C16H25NO3. The van der Waals surface area contributed by atoms with Crippen molar-refractivity contribution >= 4 is 11.9 Å². The molecule has 0 aliphatic heterocycles. The number of hydrogen-bond donors (Lipinski definition) is 2. The summed E-state index contributed by atoms with van der Waals surface area (Å²) in [5.74, 6) is -1.41. The first kappa shape index (κ1) is 15.1. The van der Waals surface area contributed by atoms with E-state index in [-0.39, 0.29) is 11.9 Å². The number of allylic oxidation sites excluding steroid dienone is 2. The van der Waals surface area contributed by atoms with Gasteiger partial charge in [-0.2, -0.15) is 0 Å². The van der Waals surface area contributed by atoms with Crippen molar-refractivity contribution in [3.8, 4) is 0 Å². The van der Waals surface area contributed by atoms with Gasteiger partial charge >= 0.3 is 5.97 Å². The number of amides is 1. The molecule has 4 nitrogen and oxygen atoms in total. The molecule has 20 heavy (non-hydrogen) atoms. The van der Waals surface area contributed by atoms with Crippen molar-refractivity contribution in [3.63, 3.8) is 0 Å². The Kier molecular flexibility index (Phi) is 5.21. The molecule has 1 amide bonds. The highest BCUT2D eigenvalue weighted by molar-refractivity contribution is 5.85. The molecule has 4 atom stereocenters. The molecular weight excluding hydrogens is 254 g/mol. The molecule has 2 N–H and O–H groups in total. The first-order valence-corrected chi connectivity index (χ1v) is 7.77. The first-order valence-electron chi connectivity index (χ1n) is 7.77. The third-order valence-electron chi connectivity index (χ3n) is 4.78. The number of carboxylic acid groups (broad SMARTS) is 1. The van der Waals surface area contributed by atoms with Crippen molar-refractivity contribution in [2.24, 2.45) is 17.8 Å². The number of rotatable bonds is 3. The van der Waals surface area contributed by atoms with Gasteiger partial charge in [0.15, 0.2) is 0 Å². The molecule has 0 spiro atoms. The molecule has 4 heteroatoms. The van der Waals surface area contributed by atoms with E-state index in [1.807, 2.05) is 12.2 Å². The SMILES string of the molecule is CC1CCCCCC1NC(=O)C1CC=CCC1C(=O)O. The average molecular weight is 279 g/mol. The zero-order chi connectivity index (χ0) is 14.5. The fourth-order valence-electron chi connectivity index (χ4n) is 3.37. The van der Waals surface area contributed by atoms with Crippen molar-refractivity contribution < 1.29 is 14.7 Å². The van der Waals surface area contributed by atoms with E-state index in [1.165, 1.54) is 12.8 Å². The second-order valence-electron chi connectivity index (χ2n) is 6.22. The lowest BCUT2D eigenvalue weighted by Crippen LogP contribution is -2.45. The van der Waals surface area contributed by atoms with Gasteiger partial charge in [-0.3, -0.25) is 9.59 Å². The monoisotopic (exact) mass is 279 g/mol. The summed E-state index contributed by atoms with van der Waals surface area (Å²) >= 11 is 0. The van der Waals surface area contributed by atoms with Crippen molar-refractivity contribution in [1.82, 2.24) is 5.32 Å². The van der Waals surface area contributed by atoms with E-state index >= 15 is 0 Å². The van der Waals surface area contributed by atoms with Gasteiger partial charge in [0.1, 0.15) is 0 Å². The van der Waals surface area contributed by atoms with Crippen molar-refractivity contribution in [2.45, 2.75) is 57.9 Å². The summed E-state index contributed by atoms with van der Waals surface area (Å²) in [7, 11) is 0. The maximum Gasteiger partial charge on any atom is 0.307 e. The van der Waals surface area contributed by atoms with Gasteiger partial charge in [0.2, 0.25) is 5.91 Å². The molecule has 112 valence electrons. The number of carboxylic acids is 1. The van der Waals surface area contributed by atoms with E-state index in [9.17, 15) is 14.7 Å². The van der Waals surface area contributed by atoms with Crippen LogP contribution in [0.15, 0.2) is 12.2 Å². The van der Waals surface area contributed by atoms with Gasteiger partial charge in [-0.25, -0.2) is 0 Å². The van der Waals surface area contributed by atoms with Gasteiger partial charge in [-0.05, 0) is 31.6 Å². The highest BCUT2D eigenvalue weighted by Gasteiger charge is 2.35. The zero-order valence-electron chi connectivity index (χ0n) is 12.2. The second-order valence-corrected chi connectivity index (χ2v) is 6.22. The van der Waals surface area contributed by atoms with Crippen LogP contribution in [0.25, 0.3) is 0 Å². The number of hydrogen-bond acceptors (Lipinski definition) is 2. The lowest BCUT2D eigenvalue weighted by Gasteiger charge is -2.29. The summed E-state index contributed by atoms with van der Waals surface area (Å²) in [6.07, 6.45) is 10.6. The Morgan fingerprint density at radius 1 is 1.05 bits per heavy atom. The Hall–Kier alpha value is -1.32. The smallest absolute Gasteiger partial charge is 0.307 e. The quantitative estimate of drug-likeness (QED) is 0.616. The first-order chi connectivity index (χ1) is 9.59.